The Kier molecular flexibility index (Phi) is 7.81. The molecule has 222 valence electrons. The van der Waals surface area contributed by atoms with Gasteiger partial charge in [-0.15, -0.1) is 0 Å². The molecule has 2 aromatic heterocycles. The average molecular weight is 577 g/mol. The number of aromatic nitrogens is 3. The summed E-state index contributed by atoms with van der Waals surface area (Å²) < 4.78 is 18.2. The van der Waals surface area contributed by atoms with Crippen LogP contribution < -0.4 is 14.4 Å². The molecule has 2 aliphatic heterocycles. The van der Waals surface area contributed by atoms with E-state index in [9.17, 15) is 14.4 Å². The third kappa shape index (κ3) is 5.61. The number of benzene rings is 1. The molecule has 1 aromatic carbocycles. The highest BCUT2D eigenvalue weighted by Gasteiger charge is 2.36. The molecule has 0 N–H and O–H groups in total. The number of hydrogen-bond acceptors (Lipinski definition) is 8. The standard InChI is InChI=1S/C30H36N6O6/c1-7-34-25(35-13-12-26(37)36(28(35)38)17-20-8-10-21(40-5)14-24(20)41-6)15-31-27(34)22-11-9-19-16-33(18-23(19)32-22)29(39)42-30(2,3)4/h8-11,14-15H,7,12-13,16-18H2,1-6H3. The van der Waals surface area contributed by atoms with Gasteiger partial charge in [0.05, 0.1) is 45.7 Å². The number of ether oxygens (including phenoxy) is 3. The molecular formula is C30H36N6O6. The third-order valence-corrected chi connectivity index (χ3v) is 7.21. The van der Waals surface area contributed by atoms with Crippen molar-refractivity contribution in [1.82, 2.24) is 24.3 Å². The van der Waals surface area contributed by atoms with Crippen LogP contribution in [0.3, 0.4) is 0 Å². The van der Waals surface area contributed by atoms with Gasteiger partial charge in [-0.25, -0.2) is 19.6 Å². The van der Waals surface area contributed by atoms with Crippen molar-refractivity contribution in [1.29, 1.82) is 0 Å². The van der Waals surface area contributed by atoms with Gasteiger partial charge in [0.2, 0.25) is 5.91 Å². The van der Waals surface area contributed by atoms with Gasteiger partial charge in [-0.1, -0.05) is 6.07 Å². The van der Waals surface area contributed by atoms with Crippen LogP contribution in [0.1, 0.15) is 50.9 Å². The first-order valence-corrected chi connectivity index (χ1v) is 13.9. The summed E-state index contributed by atoms with van der Waals surface area (Å²) in [4.78, 5) is 53.1. The van der Waals surface area contributed by atoms with Gasteiger partial charge in [0.15, 0.2) is 5.82 Å². The van der Waals surface area contributed by atoms with Crippen LogP contribution in [0.15, 0.2) is 36.5 Å². The summed E-state index contributed by atoms with van der Waals surface area (Å²) in [7, 11) is 3.10. The lowest BCUT2D eigenvalue weighted by molar-refractivity contribution is -0.129. The van der Waals surface area contributed by atoms with E-state index in [0.29, 0.717) is 54.0 Å². The number of rotatable bonds is 7. The maximum Gasteiger partial charge on any atom is 0.410 e. The van der Waals surface area contributed by atoms with Crippen LogP contribution in [0.2, 0.25) is 0 Å². The summed E-state index contributed by atoms with van der Waals surface area (Å²) in [5.41, 5.74) is 2.47. The van der Waals surface area contributed by atoms with Crippen molar-refractivity contribution in [2.75, 3.05) is 25.7 Å². The number of hydrogen-bond donors (Lipinski definition) is 0. The zero-order valence-corrected chi connectivity index (χ0v) is 24.8. The lowest BCUT2D eigenvalue weighted by Gasteiger charge is -2.34. The van der Waals surface area contributed by atoms with Gasteiger partial charge in [-0.05, 0) is 51.5 Å². The molecule has 3 aromatic rings. The van der Waals surface area contributed by atoms with E-state index in [-0.39, 0.29) is 31.5 Å². The van der Waals surface area contributed by atoms with Crippen LogP contribution in [-0.4, -0.2) is 68.7 Å². The van der Waals surface area contributed by atoms with E-state index in [2.05, 4.69) is 4.98 Å². The number of imidazole rings is 1. The molecule has 12 heteroatoms. The molecule has 0 spiro atoms. The molecule has 0 bridgehead atoms. The lowest BCUT2D eigenvalue weighted by atomic mass is 10.1. The van der Waals surface area contributed by atoms with Crippen LogP contribution >= 0.6 is 0 Å². The minimum atomic E-state index is -0.584. The Morgan fingerprint density at radius 1 is 1.05 bits per heavy atom. The zero-order chi connectivity index (χ0) is 30.2. The van der Waals surface area contributed by atoms with Crippen LogP contribution in [0.25, 0.3) is 11.5 Å². The number of pyridine rings is 1. The monoisotopic (exact) mass is 576 g/mol. The second kappa shape index (κ2) is 11.3. The number of urea groups is 1. The van der Waals surface area contributed by atoms with Crippen LogP contribution in [0.5, 0.6) is 11.5 Å². The molecule has 0 unspecified atom stereocenters. The summed E-state index contributed by atoms with van der Waals surface area (Å²) in [6, 6.07) is 8.67. The maximum absolute atomic E-state index is 13.7. The number of carbonyl (C=O) groups excluding carboxylic acids is 3. The quantitative estimate of drug-likeness (QED) is 0.401. The molecule has 4 heterocycles. The number of amides is 4. The van der Waals surface area contributed by atoms with Crippen LogP contribution in [-0.2, 0) is 35.7 Å². The van der Waals surface area contributed by atoms with E-state index in [0.717, 1.165) is 11.3 Å². The fourth-order valence-electron chi connectivity index (χ4n) is 5.14. The van der Waals surface area contributed by atoms with E-state index in [4.69, 9.17) is 19.2 Å². The second-order valence-electron chi connectivity index (χ2n) is 11.2. The Bertz CT molecular complexity index is 1530. The molecule has 2 aliphatic rings. The first-order chi connectivity index (χ1) is 20.0. The van der Waals surface area contributed by atoms with Gasteiger partial charge in [-0.2, -0.15) is 0 Å². The van der Waals surface area contributed by atoms with E-state index in [1.807, 2.05) is 44.4 Å². The lowest BCUT2D eigenvalue weighted by Crippen LogP contribution is -2.52. The Morgan fingerprint density at radius 3 is 2.52 bits per heavy atom. The highest BCUT2D eigenvalue weighted by molar-refractivity contribution is 6.05. The first kappa shape index (κ1) is 28.9. The van der Waals surface area contributed by atoms with Gasteiger partial charge in [0.25, 0.3) is 0 Å². The summed E-state index contributed by atoms with van der Waals surface area (Å²) in [6.07, 6.45) is 1.43. The third-order valence-electron chi connectivity index (χ3n) is 7.21. The highest BCUT2D eigenvalue weighted by atomic mass is 16.6. The maximum atomic E-state index is 13.7. The topological polar surface area (TPSA) is 119 Å². The van der Waals surface area contributed by atoms with Crippen molar-refractivity contribution in [2.24, 2.45) is 0 Å². The van der Waals surface area contributed by atoms with Crippen molar-refractivity contribution < 1.29 is 28.6 Å². The molecule has 4 amide bonds. The van der Waals surface area contributed by atoms with Gasteiger partial charge < -0.3 is 18.8 Å². The Morgan fingerprint density at radius 2 is 1.83 bits per heavy atom. The Balaban J connectivity index is 1.38. The van der Waals surface area contributed by atoms with Crippen molar-refractivity contribution >= 4 is 23.8 Å². The number of methoxy groups -OCH3 is 2. The molecule has 12 nitrogen and oxygen atoms in total. The van der Waals surface area contributed by atoms with Crippen LogP contribution in [0.4, 0.5) is 15.4 Å². The number of nitrogens with zero attached hydrogens (tertiary/aromatic N) is 6. The minimum Gasteiger partial charge on any atom is -0.497 e. The molecule has 42 heavy (non-hydrogen) atoms. The molecule has 0 aliphatic carbocycles. The highest BCUT2D eigenvalue weighted by Crippen LogP contribution is 2.32. The van der Waals surface area contributed by atoms with Crippen molar-refractivity contribution in [3.05, 3.63) is 53.3 Å². The fraction of sp³-hybridized carbons (Fsp3) is 0.433. The van der Waals surface area contributed by atoms with Gasteiger partial charge in [0, 0.05) is 31.1 Å². The van der Waals surface area contributed by atoms with E-state index in [1.165, 1.54) is 12.0 Å². The smallest absolute Gasteiger partial charge is 0.410 e. The summed E-state index contributed by atoms with van der Waals surface area (Å²) in [5.74, 6) is 2.06. The Hall–Kier alpha value is -4.61. The van der Waals surface area contributed by atoms with E-state index in [1.54, 1.807) is 41.3 Å². The molecular weight excluding hydrogens is 540 g/mol. The Labute approximate surface area is 244 Å². The largest absolute Gasteiger partial charge is 0.497 e. The van der Waals surface area contributed by atoms with E-state index >= 15 is 0 Å². The van der Waals surface area contributed by atoms with E-state index < -0.39 is 11.6 Å². The van der Waals surface area contributed by atoms with Crippen LogP contribution in [0, 0.1) is 0 Å². The van der Waals surface area contributed by atoms with Crippen molar-refractivity contribution in [3.8, 4) is 23.0 Å². The van der Waals surface area contributed by atoms with Gasteiger partial charge in [-0.3, -0.25) is 19.5 Å². The normalized spacial score (nSPS) is 15.2. The average Bonchev–Trinajstić information content (AvgIpc) is 3.58. The number of anilines is 1. The first-order valence-electron chi connectivity index (χ1n) is 13.9. The summed E-state index contributed by atoms with van der Waals surface area (Å²) >= 11 is 0. The zero-order valence-electron chi connectivity index (χ0n) is 24.8. The molecule has 0 atom stereocenters. The SMILES string of the molecule is CCn1c(N2CCC(=O)N(Cc3ccc(OC)cc3OC)C2=O)cnc1-c1ccc2c(n1)CN(C(=O)OC(C)(C)C)C2. The molecule has 1 saturated heterocycles. The minimum absolute atomic E-state index is 0.0645. The number of fused-ring (bicyclic) bond motifs is 1. The van der Waals surface area contributed by atoms with Gasteiger partial charge in [0.1, 0.15) is 28.6 Å². The molecule has 1 fully saturated rings. The number of carbonyl (C=O) groups is 3. The van der Waals surface area contributed by atoms with Gasteiger partial charge >= 0.3 is 12.1 Å². The summed E-state index contributed by atoms with van der Waals surface area (Å²) in [5, 5.41) is 0. The molecule has 0 saturated carbocycles. The summed E-state index contributed by atoms with van der Waals surface area (Å²) in [6.45, 7) is 9.07. The molecule has 0 radical (unpaired) electrons. The molecule has 5 rings (SSSR count). The fourth-order valence-corrected chi connectivity index (χ4v) is 5.14. The predicted molar refractivity (Wildman–Crippen MR) is 154 cm³/mol. The second-order valence-corrected chi connectivity index (χ2v) is 11.2. The number of imide groups is 1. The predicted octanol–water partition coefficient (Wildman–Crippen LogP) is 4.59. The van der Waals surface area contributed by atoms with Crippen molar-refractivity contribution in [3.63, 3.8) is 0 Å². The van der Waals surface area contributed by atoms with Crippen molar-refractivity contribution in [2.45, 2.75) is 65.9 Å².